The topological polar surface area (TPSA) is 95.3 Å². The smallest absolute Gasteiger partial charge is 0.410 e. The van der Waals surface area contributed by atoms with Crippen molar-refractivity contribution < 1.29 is 14.3 Å². The van der Waals surface area contributed by atoms with Crippen molar-refractivity contribution in [3.63, 3.8) is 0 Å². The SMILES string of the molecule is Cc1cn2cc(NC(=O)N3CCc4c(N5C[C@@H](C)N(C(=O)OC(C)(C)C)[C@@H](C)C5)ccnc43)cc(C)c2n1. The van der Waals surface area contributed by atoms with Crippen LogP contribution >= 0.6 is 0 Å². The highest BCUT2D eigenvalue weighted by molar-refractivity contribution is 6.03. The Morgan fingerprint density at radius 2 is 1.82 bits per heavy atom. The van der Waals surface area contributed by atoms with Gasteiger partial charge >= 0.3 is 12.1 Å². The van der Waals surface area contributed by atoms with E-state index in [0.29, 0.717) is 31.1 Å². The molecule has 5 rings (SSSR count). The Hall–Kier alpha value is -3.82. The number of rotatable bonds is 2. The second-order valence-corrected chi connectivity index (χ2v) is 11.5. The molecule has 0 radical (unpaired) electrons. The van der Waals surface area contributed by atoms with E-state index in [1.165, 1.54) is 0 Å². The zero-order chi connectivity index (χ0) is 27.4. The van der Waals surface area contributed by atoms with Crippen LogP contribution in [0.15, 0.2) is 30.7 Å². The lowest BCUT2D eigenvalue weighted by atomic mass is 10.1. The standard InChI is InChI=1S/C28H37N7O3/c1-17-12-21(16-33-13-18(2)30-24(17)33)31-26(36)34-11-9-22-23(8-10-29-25(22)34)32-14-19(3)35(20(4)15-32)27(37)38-28(5,6)7/h8,10,12-13,16,19-20H,9,11,14-15H2,1-7H3,(H,31,36)/t19-,20+. The molecule has 5 heterocycles. The lowest BCUT2D eigenvalue weighted by molar-refractivity contribution is 0.00565. The van der Waals surface area contributed by atoms with Gasteiger partial charge in [-0.15, -0.1) is 0 Å². The highest BCUT2D eigenvalue weighted by Crippen LogP contribution is 2.36. The van der Waals surface area contributed by atoms with Crippen LogP contribution in [0, 0.1) is 13.8 Å². The van der Waals surface area contributed by atoms with Crippen molar-refractivity contribution in [3.05, 3.63) is 47.5 Å². The number of anilines is 3. The van der Waals surface area contributed by atoms with Crippen molar-refractivity contribution in [2.75, 3.05) is 34.8 Å². The average Bonchev–Trinajstić information content (AvgIpc) is 3.40. The van der Waals surface area contributed by atoms with Gasteiger partial charge in [0.25, 0.3) is 0 Å². The molecule has 3 aromatic rings. The monoisotopic (exact) mass is 519 g/mol. The van der Waals surface area contributed by atoms with Crippen LogP contribution in [0.3, 0.4) is 0 Å². The molecule has 3 amide bonds. The number of carbonyl (C=O) groups excluding carboxylic acids is 2. The second kappa shape index (κ2) is 9.49. The van der Waals surface area contributed by atoms with Crippen molar-refractivity contribution in [1.82, 2.24) is 19.3 Å². The molecule has 2 atom stereocenters. The number of fused-ring (bicyclic) bond motifs is 2. The zero-order valence-corrected chi connectivity index (χ0v) is 23.3. The summed E-state index contributed by atoms with van der Waals surface area (Å²) in [5.41, 5.74) is 5.11. The summed E-state index contributed by atoms with van der Waals surface area (Å²) in [7, 11) is 0. The minimum Gasteiger partial charge on any atom is -0.444 e. The largest absolute Gasteiger partial charge is 0.444 e. The number of amides is 3. The number of nitrogens with zero attached hydrogens (tertiary/aromatic N) is 6. The summed E-state index contributed by atoms with van der Waals surface area (Å²) >= 11 is 0. The first kappa shape index (κ1) is 25.8. The molecule has 0 bridgehead atoms. The van der Waals surface area contributed by atoms with E-state index in [1.54, 1.807) is 11.1 Å². The van der Waals surface area contributed by atoms with Crippen LogP contribution in [0.1, 0.15) is 51.4 Å². The summed E-state index contributed by atoms with van der Waals surface area (Å²) in [4.78, 5) is 41.1. The third-order valence-corrected chi connectivity index (χ3v) is 7.07. The van der Waals surface area contributed by atoms with Crippen LogP contribution in [0.25, 0.3) is 5.65 Å². The zero-order valence-electron chi connectivity index (χ0n) is 23.3. The van der Waals surface area contributed by atoms with Crippen LogP contribution < -0.4 is 15.1 Å². The molecule has 1 saturated heterocycles. The molecule has 3 aromatic heterocycles. The summed E-state index contributed by atoms with van der Waals surface area (Å²) in [6, 6.07) is 3.70. The Bertz CT molecular complexity index is 1380. The van der Waals surface area contributed by atoms with Crippen molar-refractivity contribution >= 4 is 35.0 Å². The number of aromatic nitrogens is 3. The molecule has 10 nitrogen and oxygen atoms in total. The van der Waals surface area contributed by atoms with Crippen LogP contribution in [-0.4, -0.2) is 68.7 Å². The summed E-state index contributed by atoms with van der Waals surface area (Å²) in [5, 5.41) is 3.04. The Kier molecular flexibility index (Phi) is 6.44. The van der Waals surface area contributed by atoms with E-state index < -0.39 is 5.60 Å². The van der Waals surface area contributed by atoms with E-state index in [-0.39, 0.29) is 24.2 Å². The summed E-state index contributed by atoms with van der Waals surface area (Å²) in [6.07, 6.45) is 6.04. The normalized spacial score (nSPS) is 19.6. The van der Waals surface area contributed by atoms with Crippen molar-refractivity contribution in [2.24, 2.45) is 0 Å². The molecule has 38 heavy (non-hydrogen) atoms. The molecule has 0 unspecified atom stereocenters. The quantitative estimate of drug-likeness (QED) is 0.524. The summed E-state index contributed by atoms with van der Waals surface area (Å²) in [5.74, 6) is 0.686. The summed E-state index contributed by atoms with van der Waals surface area (Å²) < 4.78 is 7.60. The van der Waals surface area contributed by atoms with Gasteiger partial charge < -0.3 is 19.4 Å². The van der Waals surface area contributed by atoms with Crippen LogP contribution in [0.5, 0.6) is 0 Å². The molecule has 0 spiro atoms. The van der Waals surface area contributed by atoms with E-state index in [4.69, 9.17) is 4.74 Å². The van der Waals surface area contributed by atoms with Gasteiger partial charge in [-0.05, 0) is 72.6 Å². The number of hydrogen-bond acceptors (Lipinski definition) is 6. The Balaban J connectivity index is 1.33. The number of aryl methyl sites for hydroxylation is 2. The number of hydrogen-bond donors (Lipinski definition) is 1. The molecule has 10 heteroatoms. The average molecular weight is 520 g/mol. The van der Waals surface area contributed by atoms with Crippen molar-refractivity contribution in [3.8, 4) is 0 Å². The van der Waals surface area contributed by atoms with Crippen molar-refractivity contribution in [2.45, 2.75) is 72.6 Å². The molecular weight excluding hydrogens is 482 g/mol. The molecule has 2 aliphatic heterocycles. The number of nitrogens with one attached hydrogen (secondary N) is 1. The van der Waals surface area contributed by atoms with Gasteiger partial charge in [-0.3, -0.25) is 9.80 Å². The van der Waals surface area contributed by atoms with Gasteiger partial charge in [-0.1, -0.05) is 0 Å². The van der Waals surface area contributed by atoms with E-state index in [2.05, 4.69) is 20.2 Å². The lowest BCUT2D eigenvalue weighted by Gasteiger charge is -2.45. The first-order chi connectivity index (χ1) is 17.9. The highest BCUT2D eigenvalue weighted by Gasteiger charge is 2.37. The maximum absolute atomic E-state index is 13.3. The van der Waals surface area contributed by atoms with E-state index in [9.17, 15) is 9.59 Å². The van der Waals surface area contributed by atoms with E-state index in [0.717, 1.165) is 34.6 Å². The predicted molar refractivity (Wildman–Crippen MR) is 148 cm³/mol. The number of carbonyl (C=O) groups is 2. The minimum absolute atomic E-state index is 0.0248. The van der Waals surface area contributed by atoms with Gasteiger partial charge in [-0.2, -0.15) is 0 Å². The van der Waals surface area contributed by atoms with Crippen LogP contribution in [0.2, 0.25) is 0 Å². The van der Waals surface area contributed by atoms with Gasteiger partial charge in [0.1, 0.15) is 17.1 Å². The third kappa shape index (κ3) is 4.87. The molecule has 1 fully saturated rings. The fourth-order valence-electron chi connectivity index (χ4n) is 5.61. The van der Waals surface area contributed by atoms with E-state index in [1.807, 2.05) is 82.3 Å². The Morgan fingerprint density at radius 1 is 1.11 bits per heavy atom. The molecule has 0 aromatic carbocycles. The molecule has 1 N–H and O–H groups in total. The van der Waals surface area contributed by atoms with Crippen LogP contribution in [0.4, 0.5) is 26.8 Å². The maximum atomic E-state index is 13.3. The molecule has 202 valence electrons. The number of urea groups is 1. The lowest BCUT2D eigenvalue weighted by Crippen LogP contribution is -2.59. The maximum Gasteiger partial charge on any atom is 0.410 e. The molecular formula is C28H37N7O3. The first-order valence-corrected chi connectivity index (χ1v) is 13.2. The fraction of sp³-hybridized carbons (Fsp3) is 0.500. The Labute approximate surface area is 223 Å². The first-order valence-electron chi connectivity index (χ1n) is 13.2. The highest BCUT2D eigenvalue weighted by atomic mass is 16.6. The molecule has 0 saturated carbocycles. The number of piperazine rings is 1. The Morgan fingerprint density at radius 3 is 2.50 bits per heavy atom. The summed E-state index contributed by atoms with van der Waals surface area (Å²) in [6.45, 7) is 15.6. The van der Waals surface area contributed by atoms with E-state index >= 15 is 0 Å². The second-order valence-electron chi connectivity index (χ2n) is 11.5. The van der Waals surface area contributed by atoms with Gasteiger partial charge in [0.15, 0.2) is 0 Å². The van der Waals surface area contributed by atoms with Crippen LogP contribution in [-0.2, 0) is 11.2 Å². The fourth-order valence-corrected chi connectivity index (χ4v) is 5.61. The minimum atomic E-state index is -0.536. The number of ether oxygens (including phenoxy) is 1. The number of imidazole rings is 1. The van der Waals surface area contributed by atoms with Gasteiger partial charge in [0, 0.05) is 49.5 Å². The third-order valence-electron chi connectivity index (χ3n) is 7.07. The predicted octanol–water partition coefficient (Wildman–Crippen LogP) is 4.77. The molecule has 2 aliphatic rings. The van der Waals surface area contributed by atoms with Crippen molar-refractivity contribution in [1.29, 1.82) is 0 Å². The molecule has 0 aliphatic carbocycles. The van der Waals surface area contributed by atoms with Gasteiger partial charge in [-0.25, -0.2) is 19.6 Å². The van der Waals surface area contributed by atoms with Gasteiger partial charge in [0.2, 0.25) is 0 Å². The number of pyridine rings is 2. The van der Waals surface area contributed by atoms with Gasteiger partial charge in [0.05, 0.1) is 23.5 Å².